The van der Waals surface area contributed by atoms with Gasteiger partial charge in [-0.05, 0) is 68.4 Å². The van der Waals surface area contributed by atoms with Crippen molar-refractivity contribution in [1.82, 2.24) is 4.57 Å². The third-order valence-electron chi connectivity index (χ3n) is 4.55. The minimum atomic E-state index is -0.307. The molecule has 136 valence electrons. The summed E-state index contributed by atoms with van der Waals surface area (Å²) in [5.74, 6) is 2.67. The number of carbonyl (C=O) groups is 1. The molecule has 0 saturated carbocycles. The highest BCUT2D eigenvalue weighted by Crippen LogP contribution is 2.22. The van der Waals surface area contributed by atoms with Crippen LogP contribution >= 0.6 is 0 Å². The quantitative estimate of drug-likeness (QED) is 0.493. The summed E-state index contributed by atoms with van der Waals surface area (Å²) in [6.45, 7) is 3.03. The SMILES string of the molecule is CCOC(=O)c1ccc(-n2cc(C#CN)c(CCC3CCCO3)c2)cc1. The summed E-state index contributed by atoms with van der Waals surface area (Å²) in [6, 6.07) is 9.84. The van der Waals surface area contributed by atoms with Crippen LogP contribution in [0.4, 0.5) is 0 Å². The van der Waals surface area contributed by atoms with E-state index in [1.165, 1.54) is 0 Å². The van der Waals surface area contributed by atoms with E-state index >= 15 is 0 Å². The molecule has 1 unspecified atom stereocenters. The zero-order chi connectivity index (χ0) is 18.4. The number of carbonyl (C=O) groups excluding carboxylic acids is 1. The van der Waals surface area contributed by atoms with Gasteiger partial charge in [-0.15, -0.1) is 0 Å². The lowest BCUT2D eigenvalue weighted by molar-refractivity contribution is 0.0526. The molecule has 1 aromatic carbocycles. The van der Waals surface area contributed by atoms with Gasteiger partial charge in [-0.3, -0.25) is 0 Å². The summed E-state index contributed by atoms with van der Waals surface area (Å²) < 4.78 is 12.7. The summed E-state index contributed by atoms with van der Waals surface area (Å²) in [5.41, 5.74) is 9.03. The highest BCUT2D eigenvalue weighted by atomic mass is 16.5. The van der Waals surface area contributed by atoms with Crippen molar-refractivity contribution in [3.05, 3.63) is 53.3 Å². The average Bonchev–Trinajstić information content (AvgIpc) is 3.30. The lowest BCUT2D eigenvalue weighted by Gasteiger charge is -2.08. The fraction of sp³-hybridized carbons (Fsp3) is 0.381. The maximum Gasteiger partial charge on any atom is 0.338 e. The van der Waals surface area contributed by atoms with Gasteiger partial charge in [0.05, 0.1) is 18.3 Å². The van der Waals surface area contributed by atoms with Gasteiger partial charge in [-0.1, -0.05) is 0 Å². The molecule has 0 spiro atoms. The van der Waals surface area contributed by atoms with E-state index < -0.39 is 0 Å². The molecule has 5 heteroatoms. The molecule has 1 aliphatic heterocycles. The summed E-state index contributed by atoms with van der Waals surface area (Å²) in [5, 5.41) is 0. The van der Waals surface area contributed by atoms with Gasteiger partial charge in [-0.2, -0.15) is 0 Å². The second kappa shape index (κ2) is 8.59. The number of nitrogens with zero attached hydrogens (tertiary/aromatic N) is 1. The first-order valence-corrected chi connectivity index (χ1v) is 9.03. The van der Waals surface area contributed by atoms with Crippen LogP contribution in [-0.2, 0) is 15.9 Å². The molecule has 0 bridgehead atoms. The first kappa shape index (κ1) is 18.1. The Morgan fingerprint density at radius 2 is 2.15 bits per heavy atom. The minimum absolute atomic E-state index is 0.307. The highest BCUT2D eigenvalue weighted by molar-refractivity contribution is 5.89. The van der Waals surface area contributed by atoms with Crippen molar-refractivity contribution in [2.75, 3.05) is 13.2 Å². The standard InChI is InChI=1S/C21H24N2O3/c1-2-25-21(24)16-5-8-19(9-6-16)23-14-17(18(15-23)11-12-22)7-10-20-4-3-13-26-20/h5-6,8-9,14-15,20H,2-4,7,10,13,22H2,1H3. The maximum absolute atomic E-state index is 11.8. The van der Waals surface area contributed by atoms with Crippen LogP contribution in [0.3, 0.4) is 0 Å². The van der Waals surface area contributed by atoms with Crippen molar-refractivity contribution in [2.24, 2.45) is 5.73 Å². The molecule has 2 aromatic rings. The van der Waals surface area contributed by atoms with E-state index in [-0.39, 0.29) is 5.97 Å². The Bertz CT molecular complexity index is 806. The fourth-order valence-corrected chi connectivity index (χ4v) is 3.21. The zero-order valence-corrected chi connectivity index (χ0v) is 15.0. The van der Waals surface area contributed by atoms with Gasteiger partial charge in [-0.25, -0.2) is 4.79 Å². The van der Waals surface area contributed by atoms with E-state index in [1.807, 2.05) is 22.9 Å². The molecule has 0 radical (unpaired) electrons. The van der Waals surface area contributed by atoms with Crippen LogP contribution in [0.2, 0.25) is 0 Å². The molecular weight excluding hydrogens is 328 g/mol. The number of benzene rings is 1. The van der Waals surface area contributed by atoms with Crippen LogP contribution in [0.5, 0.6) is 0 Å². The largest absolute Gasteiger partial charge is 0.462 e. The predicted molar refractivity (Wildman–Crippen MR) is 100 cm³/mol. The van der Waals surface area contributed by atoms with Crippen molar-refractivity contribution in [2.45, 2.75) is 38.7 Å². The Kier molecular flexibility index (Phi) is 5.98. The smallest absolute Gasteiger partial charge is 0.338 e. The van der Waals surface area contributed by atoms with E-state index in [1.54, 1.807) is 19.1 Å². The molecule has 0 aliphatic carbocycles. The molecule has 1 aromatic heterocycles. The third-order valence-corrected chi connectivity index (χ3v) is 4.55. The van der Waals surface area contributed by atoms with Crippen LogP contribution < -0.4 is 5.73 Å². The van der Waals surface area contributed by atoms with Crippen molar-refractivity contribution >= 4 is 5.97 Å². The Morgan fingerprint density at radius 3 is 2.81 bits per heavy atom. The number of hydrogen-bond acceptors (Lipinski definition) is 4. The van der Waals surface area contributed by atoms with Crippen molar-refractivity contribution in [3.63, 3.8) is 0 Å². The summed E-state index contributed by atoms with van der Waals surface area (Å²) in [6.07, 6.45) is 8.58. The lowest BCUT2D eigenvalue weighted by atomic mass is 10.0. The van der Waals surface area contributed by atoms with Gasteiger partial charge in [0.25, 0.3) is 0 Å². The molecule has 3 rings (SSSR count). The second-order valence-corrected chi connectivity index (χ2v) is 6.31. The number of rotatable bonds is 6. The van der Waals surface area contributed by atoms with Gasteiger partial charge < -0.3 is 19.8 Å². The Hall–Kier alpha value is -2.71. The molecule has 26 heavy (non-hydrogen) atoms. The van der Waals surface area contributed by atoms with Gasteiger partial charge in [0.1, 0.15) is 0 Å². The van der Waals surface area contributed by atoms with Crippen LogP contribution in [0.25, 0.3) is 5.69 Å². The predicted octanol–water partition coefficient (Wildman–Crippen LogP) is 3.03. The molecule has 0 amide bonds. The van der Waals surface area contributed by atoms with E-state index in [0.29, 0.717) is 18.3 Å². The molecule has 1 atom stereocenters. The number of nitrogens with two attached hydrogens (primary N) is 1. The fourth-order valence-electron chi connectivity index (χ4n) is 3.21. The van der Waals surface area contributed by atoms with E-state index in [0.717, 1.165) is 49.1 Å². The monoisotopic (exact) mass is 352 g/mol. The van der Waals surface area contributed by atoms with Crippen LogP contribution in [0.15, 0.2) is 36.7 Å². The van der Waals surface area contributed by atoms with Gasteiger partial charge in [0.2, 0.25) is 0 Å². The van der Waals surface area contributed by atoms with E-state index in [2.05, 4.69) is 18.2 Å². The third kappa shape index (κ3) is 4.27. The summed E-state index contributed by atoms with van der Waals surface area (Å²) >= 11 is 0. The molecule has 1 saturated heterocycles. The first-order chi connectivity index (χ1) is 12.7. The molecule has 2 N–H and O–H groups in total. The first-order valence-electron chi connectivity index (χ1n) is 9.03. The average molecular weight is 352 g/mol. The zero-order valence-electron chi connectivity index (χ0n) is 15.0. The maximum atomic E-state index is 11.8. The minimum Gasteiger partial charge on any atom is -0.462 e. The molecule has 1 fully saturated rings. The normalized spacial score (nSPS) is 16.1. The lowest BCUT2D eigenvalue weighted by Crippen LogP contribution is -2.06. The van der Waals surface area contributed by atoms with E-state index in [4.69, 9.17) is 15.2 Å². The molecule has 2 heterocycles. The number of hydrogen-bond donors (Lipinski definition) is 1. The number of esters is 1. The highest BCUT2D eigenvalue weighted by Gasteiger charge is 2.16. The van der Waals surface area contributed by atoms with Crippen LogP contribution in [0, 0.1) is 12.0 Å². The van der Waals surface area contributed by atoms with Gasteiger partial charge in [0, 0.05) is 36.3 Å². The number of aryl methyl sites for hydroxylation is 1. The Labute approximate surface area is 154 Å². The molecule has 5 nitrogen and oxygen atoms in total. The Balaban J connectivity index is 1.77. The van der Waals surface area contributed by atoms with Crippen LogP contribution in [-0.4, -0.2) is 29.9 Å². The van der Waals surface area contributed by atoms with Crippen molar-refractivity contribution in [1.29, 1.82) is 0 Å². The number of aromatic nitrogens is 1. The second-order valence-electron chi connectivity index (χ2n) is 6.31. The number of ether oxygens (including phenoxy) is 2. The van der Waals surface area contributed by atoms with Crippen LogP contribution in [0.1, 0.15) is 47.7 Å². The van der Waals surface area contributed by atoms with E-state index in [9.17, 15) is 4.79 Å². The molecular formula is C21H24N2O3. The molecule has 1 aliphatic rings. The van der Waals surface area contributed by atoms with Crippen molar-refractivity contribution in [3.8, 4) is 17.7 Å². The topological polar surface area (TPSA) is 66.5 Å². The Morgan fingerprint density at radius 1 is 1.35 bits per heavy atom. The van der Waals surface area contributed by atoms with Gasteiger partial charge >= 0.3 is 5.97 Å². The summed E-state index contributed by atoms with van der Waals surface area (Å²) in [4.78, 5) is 11.8. The van der Waals surface area contributed by atoms with Crippen molar-refractivity contribution < 1.29 is 14.3 Å². The summed E-state index contributed by atoms with van der Waals surface area (Å²) in [7, 11) is 0. The van der Waals surface area contributed by atoms with Gasteiger partial charge in [0.15, 0.2) is 0 Å².